The minimum absolute atomic E-state index is 0.0392. The second kappa shape index (κ2) is 7.58. The lowest BCUT2D eigenvalue weighted by Crippen LogP contribution is -2.43. The fourth-order valence-electron chi connectivity index (χ4n) is 4.39. The maximum Gasteiger partial charge on any atom is 0.241 e. The van der Waals surface area contributed by atoms with Gasteiger partial charge in [0, 0.05) is 28.5 Å². The quantitative estimate of drug-likeness (QED) is 0.650. The van der Waals surface area contributed by atoms with E-state index in [0.29, 0.717) is 19.5 Å². The smallest absolute Gasteiger partial charge is 0.241 e. The summed E-state index contributed by atoms with van der Waals surface area (Å²) in [6, 6.07) is 11.2. The van der Waals surface area contributed by atoms with Crippen LogP contribution in [-0.4, -0.2) is 38.9 Å². The van der Waals surface area contributed by atoms with E-state index in [9.17, 15) is 13.2 Å². The van der Waals surface area contributed by atoms with Crippen molar-refractivity contribution in [1.82, 2.24) is 4.90 Å². The van der Waals surface area contributed by atoms with Crippen molar-refractivity contribution < 1.29 is 13.2 Å². The molecular formula is C21H21N3O3S3. The summed E-state index contributed by atoms with van der Waals surface area (Å²) in [5.41, 5.74) is 2.94. The van der Waals surface area contributed by atoms with Crippen molar-refractivity contribution >= 4 is 44.3 Å². The van der Waals surface area contributed by atoms with Crippen LogP contribution < -0.4 is 10.0 Å². The normalized spacial score (nSPS) is 19.0. The molecule has 156 valence electrons. The lowest BCUT2D eigenvalue weighted by Gasteiger charge is -2.35. The molecule has 2 N–H and O–H groups in total. The largest absolute Gasteiger partial charge is 0.311 e. The van der Waals surface area contributed by atoms with Gasteiger partial charge in [-0.15, -0.1) is 22.7 Å². The molecule has 4 heterocycles. The summed E-state index contributed by atoms with van der Waals surface area (Å²) < 4.78 is 23.3. The van der Waals surface area contributed by atoms with E-state index in [4.69, 9.17) is 5.14 Å². The molecule has 0 saturated carbocycles. The van der Waals surface area contributed by atoms with Crippen LogP contribution in [0.5, 0.6) is 0 Å². The molecule has 1 atom stereocenters. The van der Waals surface area contributed by atoms with Gasteiger partial charge in [0.05, 0.1) is 17.5 Å². The number of thiophene rings is 2. The molecule has 5 rings (SSSR count). The molecule has 2 aromatic heterocycles. The number of carbonyl (C=O) groups excluding carboxylic acids is 1. The minimum Gasteiger partial charge on any atom is -0.311 e. The Morgan fingerprint density at radius 3 is 2.73 bits per heavy atom. The van der Waals surface area contributed by atoms with Crippen molar-refractivity contribution in [2.24, 2.45) is 5.14 Å². The molecule has 30 heavy (non-hydrogen) atoms. The van der Waals surface area contributed by atoms with Crippen LogP contribution in [0.25, 0.3) is 0 Å². The average Bonchev–Trinajstić information content (AvgIpc) is 3.46. The van der Waals surface area contributed by atoms with Gasteiger partial charge < -0.3 is 4.90 Å². The van der Waals surface area contributed by atoms with E-state index in [1.807, 2.05) is 0 Å². The SMILES string of the molecule is NS(=O)(=O)c1ccc2c(c1)CCN2C(=O)CN1CCc2sccc2C1c1cccs1. The van der Waals surface area contributed by atoms with E-state index in [1.54, 1.807) is 39.7 Å². The van der Waals surface area contributed by atoms with Crippen LogP contribution in [0.4, 0.5) is 5.69 Å². The predicted octanol–water partition coefficient (Wildman–Crippen LogP) is 2.99. The number of hydrogen-bond donors (Lipinski definition) is 1. The highest BCUT2D eigenvalue weighted by Gasteiger charge is 2.34. The molecule has 0 fully saturated rings. The maximum absolute atomic E-state index is 13.3. The number of primary sulfonamides is 1. The highest BCUT2D eigenvalue weighted by molar-refractivity contribution is 7.89. The van der Waals surface area contributed by atoms with Crippen LogP contribution in [0.2, 0.25) is 0 Å². The van der Waals surface area contributed by atoms with Gasteiger partial charge in [-0.05, 0) is 65.1 Å². The molecule has 6 nitrogen and oxygen atoms in total. The Kier molecular flexibility index (Phi) is 5.03. The molecule has 0 bridgehead atoms. The number of carbonyl (C=O) groups is 1. The standard InChI is InChI=1S/C21H21N3O3S3/c22-30(26,27)15-3-4-17-14(12-15)5-9-24(17)20(25)13-23-8-6-18-16(7-11-29-18)21(23)19-2-1-10-28-19/h1-4,7,10-12,21H,5-6,8-9,13H2,(H2,22,26,27). The van der Waals surface area contributed by atoms with Gasteiger partial charge in [-0.1, -0.05) is 6.07 Å². The van der Waals surface area contributed by atoms with Crippen LogP contribution in [-0.2, 0) is 27.7 Å². The summed E-state index contributed by atoms with van der Waals surface area (Å²) in [6.45, 7) is 1.73. The number of fused-ring (bicyclic) bond motifs is 2. The maximum atomic E-state index is 13.3. The molecule has 0 saturated heterocycles. The lowest BCUT2D eigenvalue weighted by atomic mass is 9.98. The van der Waals surface area contributed by atoms with Gasteiger partial charge in [0.1, 0.15) is 0 Å². The fraction of sp³-hybridized carbons (Fsp3) is 0.286. The van der Waals surface area contributed by atoms with Gasteiger partial charge in [-0.3, -0.25) is 9.69 Å². The molecule has 2 aliphatic heterocycles. The van der Waals surface area contributed by atoms with Gasteiger partial charge >= 0.3 is 0 Å². The molecule has 9 heteroatoms. The Labute approximate surface area is 183 Å². The number of amides is 1. The van der Waals surface area contributed by atoms with E-state index < -0.39 is 10.0 Å². The minimum atomic E-state index is -3.75. The first kappa shape index (κ1) is 19.9. The zero-order valence-electron chi connectivity index (χ0n) is 16.2. The third-order valence-electron chi connectivity index (χ3n) is 5.79. The van der Waals surface area contributed by atoms with Crippen LogP contribution in [0.3, 0.4) is 0 Å². The number of benzene rings is 1. The summed E-state index contributed by atoms with van der Waals surface area (Å²) in [5.74, 6) is 0.0392. The Balaban J connectivity index is 1.40. The monoisotopic (exact) mass is 459 g/mol. The molecule has 2 aliphatic rings. The third kappa shape index (κ3) is 3.50. The number of nitrogens with zero attached hydrogens (tertiary/aromatic N) is 2. The second-order valence-corrected chi connectivity index (χ2v) is 11.1. The highest BCUT2D eigenvalue weighted by atomic mass is 32.2. The van der Waals surface area contributed by atoms with Crippen LogP contribution in [0, 0.1) is 0 Å². The first-order chi connectivity index (χ1) is 14.4. The number of hydrogen-bond acceptors (Lipinski definition) is 6. The summed E-state index contributed by atoms with van der Waals surface area (Å²) >= 11 is 3.51. The van der Waals surface area contributed by atoms with Gasteiger partial charge in [-0.25, -0.2) is 13.6 Å². The van der Waals surface area contributed by atoms with E-state index >= 15 is 0 Å². The van der Waals surface area contributed by atoms with Crippen LogP contribution in [0.1, 0.15) is 26.9 Å². The summed E-state index contributed by atoms with van der Waals surface area (Å²) in [4.78, 5) is 20.1. The molecule has 1 amide bonds. The molecule has 3 aromatic rings. The van der Waals surface area contributed by atoms with Crippen molar-refractivity contribution in [1.29, 1.82) is 0 Å². The van der Waals surface area contributed by atoms with Gasteiger partial charge in [0.25, 0.3) is 0 Å². The summed E-state index contributed by atoms with van der Waals surface area (Å²) in [6.07, 6.45) is 1.59. The summed E-state index contributed by atoms with van der Waals surface area (Å²) in [5, 5.41) is 9.46. The Morgan fingerprint density at radius 2 is 1.97 bits per heavy atom. The van der Waals surface area contributed by atoms with E-state index in [2.05, 4.69) is 33.9 Å². The fourth-order valence-corrected chi connectivity index (χ4v) is 6.74. The second-order valence-electron chi connectivity index (χ2n) is 7.57. The van der Waals surface area contributed by atoms with Crippen molar-refractivity contribution in [2.45, 2.75) is 23.8 Å². The van der Waals surface area contributed by atoms with Crippen molar-refractivity contribution in [2.75, 3.05) is 24.5 Å². The molecule has 1 aromatic carbocycles. The Hall–Kier alpha value is -2.04. The van der Waals surface area contributed by atoms with Crippen molar-refractivity contribution in [3.05, 3.63) is 68.0 Å². The number of anilines is 1. The molecule has 0 radical (unpaired) electrons. The zero-order valence-corrected chi connectivity index (χ0v) is 18.6. The topological polar surface area (TPSA) is 83.7 Å². The lowest BCUT2D eigenvalue weighted by molar-refractivity contribution is -0.120. The average molecular weight is 460 g/mol. The third-order valence-corrected chi connectivity index (χ3v) is 8.63. The van der Waals surface area contributed by atoms with E-state index in [1.165, 1.54) is 21.4 Å². The van der Waals surface area contributed by atoms with Gasteiger partial charge in [0.15, 0.2) is 0 Å². The number of rotatable bonds is 4. The molecule has 0 aliphatic carbocycles. The van der Waals surface area contributed by atoms with Crippen molar-refractivity contribution in [3.8, 4) is 0 Å². The Morgan fingerprint density at radius 1 is 1.10 bits per heavy atom. The predicted molar refractivity (Wildman–Crippen MR) is 120 cm³/mol. The Bertz CT molecular complexity index is 1200. The van der Waals surface area contributed by atoms with E-state index in [-0.39, 0.29) is 16.8 Å². The zero-order chi connectivity index (χ0) is 20.9. The number of sulfonamides is 1. The first-order valence-electron chi connectivity index (χ1n) is 9.71. The molecular weight excluding hydrogens is 438 g/mol. The van der Waals surface area contributed by atoms with E-state index in [0.717, 1.165) is 24.2 Å². The summed E-state index contributed by atoms with van der Waals surface area (Å²) in [7, 11) is -3.75. The number of nitrogens with two attached hydrogens (primary N) is 1. The van der Waals surface area contributed by atoms with Crippen molar-refractivity contribution in [3.63, 3.8) is 0 Å². The van der Waals surface area contributed by atoms with Gasteiger partial charge in [0.2, 0.25) is 15.9 Å². The van der Waals surface area contributed by atoms with Crippen LogP contribution >= 0.6 is 22.7 Å². The highest BCUT2D eigenvalue weighted by Crippen LogP contribution is 2.39. The molecule has 1 unspecified atom stereocenters. The first-order valence-corrected chi connectivity index (χ1v) is 13.0. The van der Waals surface area contributed by atoms with Gasteiger partial charge in [-0.2, -0.15) is 0 Å². The van der Waals surface area contributed by atoms with Crippen LogP contribution in [0.15, 0.2) is 52.1 Å². The molecule has 0 spiro atoms.